The van der Waals surface area contributed by atoms with Crippen molar-refractivity contribution >= 4 is 0 Å². The van der Waals surface area contributed by atoms with Crippen LogP contribution >= 0.6 is 0 Å². The zero-order valence-electron chi connectivity index (χ0n) is 16.9. The Morgan fingerprint density at radius 3 is 0.538 bits per heavy atom. The van der Waals surface area contributed by atoms with Gasteiger partial charge >= 0.3 is 0 Å². The summed E-state index contributed by atoms with van der Waals surface area (Å²) in [7, 11) is 0. The van der Waals surface area contributed by atoms with Crippen LogP contribution in [-0.2, 0) is 0 Å². The molecule has 0 atom stereocenters. The quantitative estimate of drug-likeness (QED) is 0.512. The summed E-state index contributed by atoms with van der Waals surface area (Å²) in [4.78, 5) is 0. The minimum atomic E-state index is 0. The first-order valence-corrected chi connectivity index (χ1v) is 9.42. The molecule has 0 unspecified atom stereocenters. The van der Waals surface area contributed by atoms with Crippen molar-refractivity contribution in [2.24, 2.45) is 0 Å². The molecule has 0 fully saturated rings. The van der Waals surface area contributed by atoms with Gasteiger partial charge in [-0.15, -0.1) is 0 Å². The lowest BCUT2D eigenvalue weighted by atomic mass is 9.97. The topological polar surface area (TPSA) is 0 Å². The van der Waals surface area contributed by atoms with Crippen LogP contribution in [0.15, 0.2) is 48.5 Å². The molecule has 0 amide bonds. The van der Waals surface area contributed by atoms with Crippen molar-refractivity contribution in [3.8, 4) is 0 Å². The zero-order chi connectivity index (χ0) is 18.3. The summed E-state index contributed by atoms with van der Waals surface area (Å²) in [6.45, 7) is 17.8. The largest absolute Gasteiger partial charge is 0.0776 e. The highest BCUT2D eigenvalue weighted by Crippen LogP contribution is 2.20. The zero-order valence-corrected chi connectivity index (χ0v) is 16.9. The molecular weight excluding hydrogens is 312 g/mol. The molecule has 148 valence electrons. The Hall–Kier alpha value is -1.56. The molecule has 0 saturated carbocycles. The molecule has 26 heavy (non-hydrogen) atoms. The van der Waals surface area contributed by atoms with Crippen LogP contribution in [0.2, 0.25) is 0 Å². The minimum absolute atomic E-state index is 0. The Morgan fingerprint density at radius 2 is 0.462 bits per heavy atom. The van der Waals surface area contributed by atoms with E-state index in [4.69, 9.17) is 0 Å². The lowest BCUT2D eigenvalue weighted by molar-refractivity contribution is 0.845. The molecule has 2 aromatic rings. The highest BCUT2D eigenvalue weighted by molar-refractivity contribution is 5.27. The first-order chi connectivity index (χ1) is 11.2. The van der Waals surface area contributed by atoms with Gasteiger partial charge in [-0.2, -0.15) is 0 Å². The molecule has 0 heteroatoms. The molecule has 0 aliphatic carbocycles. The van der Waals surface area contributed by atoms with Crippen LogP contribution in [-0.4, -0.2) is 0 Å². The molecule has 2 rings (SSSR count). The molecule has 0 bridgehead atoms. The standard InChI is InChI=1S/2C12H18.2CH4/c2*1-9(2)11-5-7-12(8-6-11)10(3)4;;/h2*5-10H,1-4H3;2*1H4. The maximum Gasteiger partial charge on any atom is -0.0219 e. The maximum atomic E-state index is 2.24. The van der Waals surface area contributed by atoms with Gasteiger partial charge in [-0.3, -0.25) is 0 Å². The second-order valence-electron chi connectivity index (χ2n) is 7.95. The van der Waals surface area contributed by atoms with Crippen LogP contribution in [0.3, 0.4) is 0 Å². The van der Waals surface area contributed by atoms with E-state index in [2.05, 4.69) is 104 Å². The number of hydrogen-bond donors (Lipinski definition) is 0. The van der Waals surface area contributed by atoms with E-state index in [0.717, 1.165) is 0 Å². The second kappa shape index (κ2) is 12.7. The predicted molar refractivity (Wildman–Crippen MR) is 123 cm³/mol. The van der Waals surface area contributed by atoms with Gasteiger partial charge in [0.1, 0.15) is 0 Å². The second-order valence-corrected chi connectivity index (χ2v) is 7.95. The SMILES string of the molecule is C.C.CC(C)c1ccc(C(C)C)cc1.CC(C)c1ccc(C(C)C)cc1. The van der Waals surface area contributed by atoms with Crippen molar-refractivity contribution in [1.29, 1.82) is 0 Å². The number of hydrogen-bond acceptors (Lipinski definition) is 0. The molecule has 0 spiro atoms. The van der Waals surface area contributed by atoms with E-state index in [0.29, 0.717) is 23.7 Å². The van der Waals surface area contributed by atoms with Crippen molar-refractivity contribution < 1.29 is 0 Å². The van der Waals surface area contributed by atoms with Gasteiger partial charge in [0, 0.05) is 0 Å². The van der Waals surface area contributed by atoms with Crippen molar-refractivity contribution in [3.63, 3.8) is 0 Å². The van der Waals surface area contributed by atoms with Crippen LogP contribution in [0.4, 0.5) is 0 Å². The van der Waals surface area contributed by atoms with Crippen molar-refractivity contribution in [3.05, 3.63) is 70.8 Å². The lowest BCUT2D eigenvalue weighted by Crippen LogP contribution is -1.90. The van der Waals surface area contributed by atoms with Crippen LogP contribution in [0.1, 0.15) is 116 Å². The molecule has 0 aromatic heterocycles. The molecule has 0 saturated heterocycles. The summed E-state index contributed by atoms with van der Waals surface area (Å²) < 4.78 is 0. The first kappa shape index (κ1) is 26.7. The molecule has 2 aromatic carbocycles. The van der Waals surface area contributed by atoms with E-state index < -0.39 is 0 Å². The van der Waals surface area contributed by atoms with Gasteiger partial charge in [-0.25, -0.2) is 0 Å². The predicted octanol–water partition coefficient (Wildman–Crippen LogP) is 9.14. The summed E-state index contributed by atoms with van der Waals surface area (Å²) in [5, 5.41) is 0. The Morgan fingerprint density at radius 1 is 0.346 bits per heavy atom. The fourth-order valence-electron chi connectivity index (χ4n) is 2.53. The summed E-state index contributed by atoms with van der Waals surface area (Å²) in [6, 6.07) is 17.9. The number of rotatable bonds is 4. The third kappa shape index (κ3) is 8.70. The molecule has 0 radical (unpaired) electrons. The van der Waals surface area contributed by atoms with Crippen LogP contribution in [0.5, 0.6) is 0 Å². The summed E-state index contributed by atoms with van der Waals surface area (Å²) in [5.41, 5.74) is 5.72. The smallest absolute Gasteiger partial charge is 0.0219 e. The average molecular weight is 357 g/mol. The highest BCUT2D eigenvalue weighted by Gasteiger charge is 2.01. The molecule has 0 N–H and O–H groups in total. The van der Waals surface area contributed by atoms with E-state index in [1.165, 1.54) is 22.3 Å². The average Bonchev–Trinajstić information content (AvgIpc) is 2.55. The van der Waals surface area contributed by atoms with Gasteiger partial charge < -0.3 is 0 Å². The fraction of sp³-hybridized carbons (Fsp3) is 0.538. The van der Waals surface area contributed by atoms with Crippen LogP contribution in [0.25, 0.3) is 0 Å². The molecule has 0 aliphatic heterocycles. The monoisotopic (exact) mass is 356 g/mol. The van der Waals surface area contributed by atoms with E-state index in [9.17, 15) is 0 Å². The van der Waals surface area contributed by atoms with Crippen molar-refractivity contribution in [1.82, 2.24) is 0 Å². The van der Waals surface area contributed by atoms with Gasteiger partial charge in [0.15, 0.2) is 0 Å². The van der Waals surface area contributed by atoms with E-state index in [1.54, 1.807) is 0 Å². The van der Waals surface area contributed by atoms with E-state index >= 15 is 0 Å². The van der Waals surface area contributed by atoms with Gasteiger partial charge in [0.2, 0.25) is 0 Å². The van der Waals surface area contributed by atoms with Crippen LogP contribution in [0, 0.1) is 0 Å². The Balaban J connectivity index is 0. The summed E-state index contributed by atoms with van der Waals surface area (Å²) in [6.07, 6.45) is 0. The van der Waals surface area contributed by atoms with Crippen molar-refractivity contribution in [2.75, 3.05) is 0 Å². The molecule has 0 nitrogen and oxygen atoms in total. The molecule has 0 heterocycles. The van der Waals surface area contributed by atoms with Gasteiger partial charge in [-0.1, -0.05) is 119 Å². The molecular formula is C26H44. The number of benzene rings is 2. The van der Waals surface area contributed by atoms with E-state index in [1.807, 2.05) is 0 Å². The third-order valence-electron chi connectivity index (χ3n) is 4.54. The maximum absolute atomic E-state index is 2.24. The van der Waals surface area contributed by atoms with Gasteiger partial charge in [0.05, 0.1) is 0 Å². The Labute approximate surface area is 165 Å². The van der Waals surface area contributed by atoms with Crippen LogP contribution < -0.4 is 0 Å². The van der Waals surface area contributed by atoms with E-state index in [-0.39, 0.29) is 14.9 Å². The van der Waals surface area contributed by atoms with Gasteiger partial charge in [-0.05, 0) is 45.9 Å². The minimum Gasteiger partial charge on any atom is -0.0776 e. The highest BCUT2D eigenvalue weighted by atomic mass is 14.1. The summed E-state index contributed by atoms with van der Waals surface area (Å²) in [5.74, 6) is 2.58. The Bertz CT molecular complexity index is 459. The summed E-state index contributed by atoms with van der Waals surface area (Å²) >= 11 is 0. The first-order valence-electron chi connectivity index (χ1n) is 9.42. The van der Waals surface area contributed by atoms with Gasteiger partial charge in [0.25, 0.3) is 0 Å². The Kier molecular flexibility index (Phi) is 13.1. The third-order valence-corrected chi connectivity index (χ3v) is 4.54. The lowest BCUT2D eigenvalue weighted by Gasteiger charge is -2.08. The normalized spacial score (nSPS) is 10.3. The fourth-order valence-corrected chi connectivity index (χ4v) is 2.53. The van der Waals surface area contributed by atoms with Crippen molar-refractivity contribution in [2.45, 2.75) is 93.9 Å². The molecule has 0 aliphatic rings.